The maximum atomic E-state index is 6.00. The summed E-state index contributed by atoms with van der Waals surface area (Å²) in [7, 11) is 0. The van der Waals surface area contributed by atoms with E-state index < -0.39 is 0 Å². The van der Waals surface area contributed by atoms with Gasteiger partial charge >= 0.3 is 0 Å². The normalized spacial score (nSPS) is 11.6. The van der Waals surface area contributed by atoms with Crippen LogP contribution in [0.2, 0.25) is 5.15 Å². The second-order valence-electron chi connectivity index (χ2n) is 4.52. The zero-order valence-electron chi connectivity index (χ0n) is 11.6. The van der Waals surface area contributed by atoms with Gasteiger partial charge < -0.3 is 10.1 Å². The van der Waals surface area contributed by atoms with E-state index in [1.807, 2.05) is 6.92 Å². The lowest BCUT2D eigenvalue weighted by molar-refractivity contribution is 0.128. The molecule has 0 aliphatic carbocycles. The van der Waals surface area contributed by atoms with Crippen molar-refractivity contribution in [1.29, 1.82) is 0 Å². The molecule has 0 aliphatic heterocycles. The number of hydrogen-bond donors (Lipinski definition) is 1. The first kappa shape index (κ1) is 15.2. The van der Waals surface area contributed by atoms with Crippen molar-refractivity contribution in [2.45, 2.75) is 52.7 Å². The van der Waals surface area contributed by atoms with Crippen molar-refractivity contribution in [1.82, 2.24) is 9.97 Å². The maximum absolute atomic E-state index is 6.00. The quantitative estimate of drug-likeness (QED) is 0.769. The van der Waals surface area contributed by atoms with E-state index in [9.17, 15) is 0 Å². The van der Waals surface area contributed by atoms with Crippen LogP contribution in [0.1, 0.15) is 46.4 Å². The van der Waals surface area contributed by atoms with E-state index in [1.54, 1.807) is 6.07 Å². The fraction of sp³-hybridized carbons (Fsp3) is 0.692. The predicted molar refractivity (Wildman–Crippen MR) is 75.0 cm³/mol. The molecule has 18 heavy (non-hydrogen) atoms. The molecule has 0 bridgehead atoms. The van der Waals surface area contributed by atoms with Gasteiger partial charge in [-0.25, -0.2) is 9.97 Å². The number of halogens is 1. The van der Waals surface area contributed by atoms with Crippen LogP contribution in [-0.4, -0.2) is 22.1 Å². The number of anilines is 1. The highest BCUT2D eigenvalue weighted by molar-refractivity contribution is 6.29. The van der Waals surface area contributed by atoms with Crippen LogP contribution in [0.15, 0.2) is 6.07 Å². The summed E-state index contributed by atoms with van der Waals surface area (Å²) >= 11 is 6.00. The molecule has 0 radical (unpaired) electrons. The van der Waals surface area contributed by atoms with Crippen molar-refractivity contribution >= 4 is 17.4 Å². The highest BCUT2D eigenvalue weighted by atomic mass is 35.5. The Morgan fingerprint density at radius 1 is 1.28 bits per heavy atom. The lowest BCUT2D eigenvalue weighted by Crippen LogP contribution is -2.33. The number of nitrogens with zero attached hydrogens (tertiary/aromatic N) is 2. The van der Waals surface area contributed by atoms with Crippen LogP contribution < -0.4 is 5.32 Å². The lowest BCUT2D eigenvalue weighted by Gasteiger charge is -2.29. The first-order chi connectivity index (χ1) is 8.53. The second kappa shape index (κ2) is 6.90. The lowest BCUT2D eigenvalue weighted by atomic mass is 9.96. The molecule has 4 nitrogen and oxygen atoms in total. The average Bonchev–Trinajstić information content (AvgIpc) is 2.35. The molecule has 0 saturated heterocycles. The van der Waals surface area contributed by atoms with Gasteiger partial charge in [0.05, 0.1) is 0 Å². The molecule has 0 aliphatic rings. The molecule has 0 saturated carbocycles. The molecule has 1 aromatic heterocycles. The summed E-state index contributed by atoms with van der Waals surface area (Å²) in [6, 6.07) is 1.75. The molecule has 1 N–H and O–H groups in total. The molecular weight excluding hydrogens is 250 g/mol. The monoisotopic (exact) mass is 271 g/mol. The third kappa shape index (κ3) is 4.42. The first-order valence-electron chi connectivity index (χ1n) is 6.42. The molecule has 0 spiro atoms. The van der Waals surface area contributed by atoms with Crippen LogP contribution in [-0.2, 0) is 11.3 Å². The Balaban J connectivity index is 2.85. The van der Waals surface area contributed by atoms with Crippen LogP contribution in [0, 0.1) is 0 Å². The standard InChI is InChI=1S/C13H22ClN3O/c1-5-13(4,6-2)17-11-8-10(14)15-12(16-11)9-18-7-3/h8H,5-7,9H2,1-4H3,(H,15,16,17). The zero-order chi connectivity index (χ0) is 13.6. The van der Waals surface area contributed by atoms with Gasteiger partial charge in [-0.3, -0.25) is 0 Å². The van der Waals surface area contributed by atoms with Gasteiger partial charge in [0.1, 0.15) is 17.6 Å². The number of aromatic nitrogens is 2. The molecule has 102 valence electrons. The minimum absolute atomic E-state index is 0.0283. The molecule has 0 amide bonds. The summed E-state index contributed by atoms with van der Waals surface area (Å²) in [5, 5.41) is 3.86. The molecule has 0 fully saturated rings. The third-order valence-corrected chi connectivity index (χ3v) is 3.36. The van der Waals surface area contributed by atoms with Gasteiger partial charge in [-0.2, -0.15) is 0 Å². The summed E-state index contributed by atoms with van der Waals surface area (Å²) in [5.74, 6) is 1.37. The Hall–Kier alpha value is -0.870. The SMILES string of the molecule is CCOCc1nc(Cl)cc(NC(C)(CC)CC)n1. The van der Waals surface area contributed by atoms with E-state index in [2.05, 4.69) is 36.1 Å². The van der Waals surface area contributed by atoms with Gasteiger partial charge in [0, 0.05) is 18.2 Å². The Morgan fingerprint density at radius 2 is 1.94 bits per heavy atom. The Labute approximate surface area is 114 Å². The number of rotatable bonds is 7. The summed E-state index contributed by atoms with van der Waals surface area (Å²) in [6.45, 7) is 9.45. The number of hydrogen-bond acceptors (Lipinski definition) is 4. The van der Waals surface area contributed by atoms with Gasteiger partial charge in [0.2, 0.25) is 0 Å². The molecule has 0 aromatic carbocycles. The summed E-state index contributed by atoms with van der Waals surface area (Å²) in [6.07, 6.45) is 2.04. The Bertz CT molecular complexity index is 380. The molecule has 0 unspecified atom stereocenters. The van der Waals surface area contributed by atoms with Gasteiger partial charge in [-0.15, -0.1) is 0 Å². The van der Waals surface area contributed by atoms with E-state index in [0.717, 1.165) is 18.7 Å². The first-order valence-corrected chi connectivity index (χ1v) is 6.80. The van der Waals surface area contributed by atoms with Gasteiger partial charge in [-0.05, 0) is 26.7 Å². The summed E-state index contributed by atoms with van der Waals surface area (Å²) in [5.41, 5.74) is 0.0283. The molecule has 1 aromatic rings. The van der Waals surface area contributed by atoms with Crippen LogP contribution in [0.5, 0.6) is 0 Å². The number of nitrogens with one attached hydrogen (secondary N) is 1. The summed E-state index contributed by atoms with van der Waals surface area (Å²) < 4.78 is 5.30. The smallest absolute Gasteiger partial charge is 0.158 e. The molecule has 1 heterocycles. The third-order valence-electron chi connectivity index (χ3n) is 3.17. The van der Waals surface area contributed by atoms with Crippen molar-refractivity contribution in [3.8, 4) is 0 Å². The van der Waals surface area contributed by atoms with E-state index in [4.69, 9.17) is 16.3 Å². The van der Waals surface area contributed by atoms with Gasteiger partial charge in [-0.1, -0.05) is 25.4 Å². The van der Waals surface area contributed by atoms with Crippen LogP contribution in [0.25, 0.3) is 0 Å². The van der Waals surface area contributed by atoms with Gasteiger partial charge in [0.15, 0.2) is 5.82 Å². The molecule has 5 heteroatoms. The largest absolute Gasteiger partial charge is 0.374 e. The fourth-order valence-corrected chi connectivity index (χ4v) is 1.72. The Morgan fingerprint density at radius 3 is 2.50 bits per heavy atom. The van der Waals surface area contributed by atoms with Crippen molar-refractivity contribution in [2.75, 3.05) is 11.9 Å². The van der Waals surface area contributed by atoms with Crippen LogP contribution in [0.3, 0.4) is 0 Å². The predicted octanol–water partition coefficient (Wildman–Crippen LogP) is 3.66. The van der Waals surface area contributed by atoms with Crippen molar-refractivity contribution in [3.63, 3.8) is 0 Å². The zero-order valence-corrected chi connectivity index (χ0v) is 12.3. The molecular formula is C13H22ClN3O. The Kier molecular flexibility index (Phi) is 5.82. The fourth-order valence-electron chi connectivity index (χ4n) is 1.52. The van der Waals surface area contributed by atoms with E-state index in [-0.39, 0.29) is 5.54 Å². The van der Waals surface area contributed by atoms with Crippen LogP contribution in [0.4, 0.5) is 5.82 Å². The van der Waals surface area contributed by atoms with Gasteiger partial charge in [0.25, 0.3) is 0 Å². The van der Waals surface area contributed by atoms with Crippen LogP contribution >= 0.6 is 11.6 Å². The van der Waals surface area contributed by atoms with Crippen molar-refractivity contribution in [3.05, 3.63) is 17.0 Å². The minimum atomic E-state index is 0.0283. The van der Waals surface area contributed by atoms with Crippen molar-refractivity contribution in [2.24, 2.45) is 0 Å². The average molecular weight is 272 g/mol. The molecule has 1 rings (SSSR count). The number of ether oxygens (including phenoxy) is 1. The highest BCUT2D eigenvalue weighted by Gasteiger charge is 2.20. The highest BCUT2D eigenvalue weighted by Crippen LogP contribution is 2.22. The maximum Gasteiger partial charge on any atom is 0.158 e. The molecule has 0 atom stereocenters. The second-order valence-corrected chi connectivity index (χ2v) is 4.91. The van der Waals surface area contributed by atoms with Crippen molar-refractivity contribution < 1.29 is 4.74 Å². The topological polar surface area (TPSA) is 47.0 Å². The summed E-state index contributed by atoms with van der Waals surface area (Å²) in [4.78, 5) is 8.56. The van der Waals surface area contributed by atoms with E-state index >= 15 is 0 Å². The van der Waals surface area contributed by atoms with E-state index in [1.165, 1.54) is 0 Å². The van der Waals surface area contributed by atoms with E-state index in [0.29, 0.717) is 24.2 Å². The minimum Gasteiger partial charge on any atom is -0.374 e.